The number of hydrogen-bond acceptors (Lipinski definition) is 5. The van der Waals surface area contributed by atoms with Gasteiger partial charge in [-0.15, -0.1) is 0 Å². The molecule has 0 aromatic heterocycles. The van der Waals surface area contributed by atoms with Gasteiger partial charge < -0.3 is 15.1 Å². The second-order valence-corrected chi connectivity index (χ2v) is 9.39. The number of piperazine rings is 1. The highest BCUT2D eigenvalue weighted by Crippen LogP contribution is 2.20. The van der Waals surface area contributed by atoms with Crippen molar-refractivity contribution in [1.29, 1.82) is 0 Å². The summed E-state index contributed by atoms with van der Waals surface area (Å²) in [7, 11) is -1.06. The lowest BCUT2D eigenvalue weighted by Crippen LogP contribution is -2.47. The summed E-state index contributed by atoms with van der Waals surface area (Å²) in [6.07, 6.45) is 3.10. The van der Waals surface area contributed by atoms with E-state index in [-0.39, 0.29) is 17.6 Å². The molecule has 0 aromatic carbocycles. The normalized spacial score (nSPS) is 24.3. The lowest BCUT2D eigenvalue weighted by Gasteiger charge is -2.32. The van der Waals surface area contributed by atoms with Gasteiger partial charge in [-0.1, -0.05) is 6.92 Å². The van der Waals surface area contributed by atoms with E-state index in [1.807, 2.05) is 6.92 Å². The van der Waals surface area contributed by atoms with Crippen molar-refractivity contribution in [3.8, 4) is 0 Å². The topological polar surface area (TPSA) is 73.0 Å². The zero-order chi connectivity index (χ0) is 18.3. The van der Waals surface area contributed by atoms with E-state index in [0.717, 1.165) is 52.0 Å². The van der Waals surface area contributed by atoms with E-state index >= 15 is 0 Å². The molecule has 0 unspecified atom stereocenters. The van der Waals surface area contributed by atoms with Crippen molar-refractivity contribution in [3.63, 3.8) is 0 Å². The molecule has 0 aromatic rings. The van der Waals surface area contributed by atoms with Crippen molar-refractivity contribution in [2.75, 3.05) is 65.2 Å². The van der Waals surface area contributed by atoms with Gasteiger partial charge in [-0.25, -0.2) is 12.7 Å². The molecule has 2 aliphatic heterocycles. The number of carbonyl (C=O) groups is 1. The lowest BCUT2D eigenvalue weighted by atomic mass is 9.99. The molecule has 2 fully saturated rings. The molecule has 2 aliphatic rings. The molecule has 2 rings (SSSR count). The van der Waals surface area contributed by atoms with Gasteiger partial charge in [0.05, 0.1) is 11.7 Å². The van der Waals surface area contributed by atoms with Crippen LogP contribution >= 0.6 is 0 Å². The number of hydrogen-bond donors (Lipinski definition) is 1. The average Bonchev–Trinajstić information content (AvgIpc) is 2.60. The SMILES string of the molecule is CCCS(=O)(=O)N1CCC[C@@H](C(=O)NCCCN2CCN(C)CC2)C1. The standard InChI is InChI=1S/C17H34N4O3S/c1-3-14-25(23,24)21-9-4-6-16(15-21)17(22)18-7-5-8-20-12-10-19(2)11-13-20/h16H,3-15H2,1-2H3,(H,18,22)/t16-/m1/s1. The van der Waals surface area contributed by atoms with E-state index < -0.39 is 10.0 Å². The Labute approximate surface area is 152 Å². The highest BCUT2D eigenvalue weighted by Gasteiger charge is 2.31. The van der Waals surface area contributed by atoms with Gasteiger partial charge in [0.25, 0.3) is 0 Å². The fraction of sp³-hybridized carbons (Fsp3) is 0.941. The van der Waals surface area contributed by atoms with Gasteiger partial charge in [0.15, 0.2) is 0 Å². The summed E-state index contributed by atoms with van der Waals surface area (Å²) in [4.78, 5) is 17.1. The van der Waals surface area contributed by atoms with Crippen LogP contribution in [0, 0.1) is 5.92 Å². The zero-order valence-electron chi connectivity index (χ0n) is 15.7. The number of amides is 1. The molecule has 7 nitrogen and oxygen atoms in total. The molecule has 1 N–H and O–H groups in total. The molecule has 1 atom stereocenters. The third-order valence-corrected chi connectivity index (χ3v) is 7.20. The van der Waals surface area contributed by atoms with Crippen LogP contribution < -0.4 is 5.32 Å². The molecule has 2 saturated heterocycles. The molecule has 25 heavy (non-hydrogen) atoms. The number of piperidine rings is 1. The summed E-state index contributed by atoms with van der Waals surface area (Å²) < 4.78 is 25.9. The van der Waals surface area contributed by atoms with Crippen LogP contribution in [-0.4, -0.2) is 93.6 Å². The molecular formula is C17H34N4O3S. The summed E-state index contributed by atoms with van der Waals surface area (Å²) in [6.45, 7) is 8.84. The molecule has 0 saturated carbocycles. The first-order valence-electron chi connectivity index (χ1n) is 9.59. The number of sulfonamides is 1. The Morgan fingerprint density at radius 2 is 1.88 bits per heavy atom. The molecule has 146 valence electrons. The first-order chi connectivity index (χ1) is 11.9. The van der Waals surface area contributed by atoms with Crippen LogP contribution in [0.15, 0.2) is 0 Å². The maximum atomic E-state index is 12.4. The Kier molecular flexibility index (Phi) is 8.12. The Hall–Kier alpha value is -0.700. The van der Waals surface area contributed by atoms with Crippen molar-refractivity contribution in [2.45, 2.75) is 32.6 Å². The van der Waals surface area contributed by atoms with Crippen LogP contribution in [0.5, 0.6) is 0 Å². The van der Waals surface area contributed by atoms with Gasteiger partial charge in [0, 0.05) is 45.8 Å². The van der Waals surface area contributed by atoms with Crippen LogP contribution in [0.1, 0.15) is 32.6 Å². The Morgan fingerprint density at radius 3 is 2.56 bits per heavy atom. The van der Waals surface area contributed by atoms with Crippen molar-refractivity contribution in [3.05, 3.63) is 0 Å². The maximum Gasteiger partial charge on any atom is 0.224 e. The van der Waals surface area contributed by atoms with Crippen molar-refractivity contribution in [1.82, 2.24) is 19.4 Å². The highest BCUT2D eigenvalue weighted by atomic mass is 32.2. The lowest BCUT2D eigenvalue weighted by molar-refractivity contribution is -0.126. The van der Waals surface area contributed by atoms with Crippen molar-refractivity contribution >= 4 is 15.9 Å². The van der Waals surface area contributed by atoms with E-state index in [1.54, 1.807) is 0 Å². The Morgan fingerprint density at radius 1 is 1.16 bits per heavy atom. The minimum Gasteiger partial charge on any atom is -0.356 e. The number of carbonyl (C=O) groups excluding carboxylic acids is 1. The van der Waals surface area contributed by atoms with Gasteiger partial charge in [0.2, 0.25) is 15.9 Å². The number of rotatable bonds is 8. The van der Waals surface area contributed by atoms with Crippen molar-refractivity contribution in [2.24, 2.45) is 5.92 Å². The molecular weight excluding hydrogens is 340 g/mol. The first-order valence-corrected chi connectivity index (χ1v) is 11.2. The number of likely N-dealkylation sites (N-methyl/N-ethyl adjacent to an activating group) is 1. The van der Waals surface area contributed by atoms with E-state index in [1.165, 1.54) is 4.31 Å². The van der Waals surface area contributed by atoms with Crippen LogP contribution in [-0.2, 0) is 14.8 Å². The predicted octanol–water partition coefficient (Wildman–Crippen LogP) is 0.192. The molecule has 1 amide bonds. The van der Waals surface area contributed by atoms with Crippen molar-refractivity contribution < 1.29 is 13.2 Å². The van der Waals surface area contributed by atoms with E-state index in [9.17, 15) is 13.2 Å². The van der Waals surface area contributed by atoms with Crippen LogP contribution in [0.25, 0.3) is 0 Å². The third kappa shape index (κ3) is 6.51. The van der Waals surface area contributed by atoms with E-state index in [0.29, 0.717) is 26.1 Å². The first kappa shape index (κ1) is 20.6. The molecule has 0 aliphatic carbocycles. The summed E-state index contributed by atoms with van der Waals surface area (Å²) >= 11 is 0. The Bertz CT molecular complexity index is 518. The predicted molar refractivity (Wildman–Crippen MR) is 99.9 cm³/mol. The maximum absolute atomic E-state index is 12.4. The highest BCUT2D eigenvalue weighted by molar-refractivity contribution is 7.89. The van der Waals surface area contributed by atoms with E-state index in [4.69, 9.17) is 0 Å². The van der Waals surface area contributed by atoms with Crippen LogP contribution in [0.2, 0.25) is 0 Å². The fourth-order valence-electron chi connectivity index (χ4n) is 3.53. The summed E-state index contributed by atoms with van der Waals surface area (Å²) in [5, 5.41) is 3.01. The quantitative estimate of drug-likeness (QED) is 0.614. The monoisotopic (exact) mass is 374 g/mol. The van der Waals surface area contributed by atoms with E-state index in [2.05, 4.69) is 22.2 Å². The second-order valence-electron chi connectivity index (χ2n) is 7.30. The smallest absolute Gasteiger partial charge is 0.224 e. The number of nitrogens with zero attached hydrogens (tertiary/aromatic N) is 3. The average molecular weight is 375 g/mol. The Balaban J connectivity index is 1.68. The summed E-state index contributed by atoms with van der Waals surface area (Å²) in [5.74, 6) is -0.0226. The van der Waals surface area contributed by atoms with Gasteiger partial charge in [-0.3, -0.25) is 4.79 Å². The molecule has 0 radical (unpaired) electrons. The van der Waals surface area contributed by atoms with Gasteiger partial charge in [-0.2, -0.15) is 0 Å². The van der Waals surface area contributed by atoms with Gasteiger partial charge in [-0.05, 0) is 39.3 Å². The summed E-state index contributed by atoms with van der Waals surface area (Å²) in [5.41, 5.74) is 0. The molecule has 0 spiro atoms. The molecule has 0 bridgehead atoms. The summed E-state index contributed by atoms with van der Waals surface area (Å²) in [6, 6.07) is 0. The van der Waals surface area contributed by atoms with Gasteiger partial charge in [0.1, 0.15) is 0 Å². The minimum atomic E-state index is -3.20. The largest absolute Gasteiger partial charge is 0.356 e. The fourth-order valence-corrected chi connectivity index (χ4v) is 5.11. The second kappa shape index (κ2) is 9.85. The van der Waals surface area contributed by atoms with Crippen LogP contribution in [0.3, 0.4) is 0 Å². The molecule has 2 heterocycles. The van der Waals surface area contributed by atoms with Crippen LogP contribution in [0.4, 0.5) is 0 Å². The minimum absolute atomic E-state index is 0.00905. The van der Waals surface area contributed by atoms with Gasteiger partial charge >= 0.3 is 0 Å². The third-order valence-electron chi connectivity index (χ3n) is 5.16. The zero-order valence-corrected chi connectivity index (χ0v) is 16.6. The number of nitrogens with one attached hydrogen (secondary N) is 1. The molecule has 8 heteroatoms.